The van der Waals surface area contributed by atoms with Gasteiger partial charge in [-0.05, 0) is 62.6 Å². The topological polar surface area (TPSA) is 113 Å². The molecule has 2 aromatic heterocycles. The van der Waals surface area contributed by atoms with Crippen LogP contribution in [0.5, 0.6) is 5.75 Å². The minimum atomic E-state index is -0.459. The summed E-state index contributed by atoms with van der Waals surface area (Å²) in [5, 5.41) is 19.0. The first kappa shape index (κ1) is 26.6. The zero-order valence-corrected chi connectivity index (χ0v) is 22.6. The Morgan fingerprint density at radius 1 is 1.30 bits per heavy atom. The molecule has 1 atom stereocenters. The number of carbonyl (C=O) groups excluding carboxylic acids is 2. The molecule has 1 aliphatic carbocycles. The summed E-state index contributed by atoms with van der Waals surface area (Å²) in [5.74, 6) is 0.833. The van der Waals surface area contributed by atoms with Crippen molar-refractivity contribution in [2.75, 3.05) is 18.5 Å². The summed E-state index contributed by atoms with van der Waals surface area (Å²) in [6, 6.07) is 10.0. The molecule has 0 fully saturated rings. The number of hydrogen-bond donors (Lipinski definition) is 2. The van der Waals surface area contributed by atoms with E-state index in [1.54, 1.807) is 11.3 Å². The minimum absolute atomic E-state index is 0.131. The highest BCUT2D eigenvalue weighted by molar-refractivity contribution is 7.16. The molecule has 10 heteroatoms. The van der Waals surface area contributed by atoms with E-state index in [4.69, 9.17) is 9.47 Å². The fraction of sp³-hybridized carbons (Fsp3) is 0.407. The van der Waals surface area contributed by atoms with Crippen molar-refractivity contribution >= 4 is 39.7 Å². The molecule has 3 aromatic rings. The van der Waals surface area contributed by atoms with E-state index in [2.05, 4.69) is 21.7 Å². The second kappa shape index (κ2) is 12.7. The SMILES string of the molecule is CCOc1ccccc1CCC(=O)Nc1sc2c(c1C#N)CCC(COC(=O)NCc1csc(C)n1)C2. The zero-order chi connectivity index (χ0) is 26.2. The molecule has 0 spiro atoms. The molecule has 4 rings (SSSR count). The number of nitrogens with one attached hydrogen (secondary N) is 2. The monoisotopic (exact) mass is 538 g/mol. The van der Waals surface area contributed by atoms with E-state index in [1.807, 2.05) is 43.5 Å². The molecule has 0 saturated carbocycles. The van der Waals surface area contributed by atoms with Crippen LogP contribution >= 0.6 is 22.7 Å². The maximum atomic E-state index is 12.7. The molecule has 2 heterocycles. The van der Waals surface area contributed by atoms with Gasteiger partial charge in [0, 0.05) is 16.7 Å². The Hall–Kier alpha value is -3.42. The van der Waals surface area contributed by atoms with E-state index < -0.39 is 6.09 Å². The second-order valence-electron chi connectivity index (χ2n) is 8.83. The molecule has 1 aliphatic rings. The number of ether oxygens (including phenoxy) is 2. The van der Waals surface area contributed by atoms with Gasteiger partial charge < -0.3 is 20.1 Å². The second-order valence-corrected chi connectivity index (χ2v) is 11.0. The number of hydrogen-bond acceptors (Lipinski definition) is 8. The number of alkyl carbamates (subject to hydrolysis) is 1. The lowest BCUT2D eigenvalue weighted by molar-refractivity contribution is -0.116. The standard InChI is InChI=1S/C27H30N4O4S2/c1-3-34-23-7-5-4-6-19(23)9-11-25(32)31-26-22(13-28)21-10-8-18(12-24(21)37-26)15-35-27(33)29-14-20-16-36-17(2)30-20/h4-7,16,18H,3,8-12,14-15H2,1-2H3,(H,29,33)(H,31,32). The van der Waals surface area contributed by atoms with Crippen LogP contribution in [-0.4, -0.2) is 30.2 Å². The van der Waals surface area contributed by atoms with Crippen LogP contribution in [-0.2, 0) is 35.3 Å². The number of thiazole rings is 1. The number of carbonyl (C=O) groups is 2. The van der Waals surface area contributed by atoms with Gasteiger partial charge in [0.2, 0.25) is 5.91 Å². The highest BCUT2D eigenvalue weighted by Gasteiger charge is 2.27. The first-order chi connectivity index (χ1) is 18.0. The maximum Gasteiger partial charge on any atom is 0.407 e. The van der Waals surface area contributed by atoms with Crippen LogP contribution in [0.2, 0.25) is 0 Å². The van der Waals surface area contributed by atoms with Crippen LogP contribution in [0, 0.1) is 24.2 Å². The van der Waals surface area contributed by atoms with Crippen LogP contribution in [0.15, 0.2) is 29.6 Å². The van der Waals surface area contributed by atoms with Gasteiger partial charge in [0.1, 0.15) is 16.8 Å². The normalized spacial score (nSPS) is 14.4. The molecule has 0 saturated heterocycles. The van der Waals surface area contributed by atoms with Crippen molar-refractivity contribution in [3.05, 3.63) is 61.9 Å². The van der Waals surface area contributed by atoms with Gasteiger partial charge in [-0.15, -0.1) is 22.7 Å². The molecule has 2 N–H and O–H groups in total. The Morgan fingerprint density at radius 3 is 2.89 bits per heavy atom. The van der Waals surface area contributed by atoms with E-state index in [0.717, 1.165) is 45.3 Å². The lowest BCUT2D eigenvalue weighted by atomic mass is 9.88. The Morgan fingerprint density at radius 2 is 2.14 bits per heavy atom. The van der Waals surface area contributed by atoms with Gasteiger partial charge in [0.25, 0.3) is 0 Å². The Kier molecular flexibility index (Phi) is 9.14. The number of rotatable bonds is 10. The average Bonchev–Trinajstić information content (AvgIpc) is 3.47. The van der Waals surface area contributed by atoms with E-state index in [0.29, 0.717) is 49.6 Å². The number of anilines is 1. The van der Waals surface area contributed by atoms with Crippen molar-refractivity contribution in [2.24, 2.45) is 5.92 Å². The molecule has 194 valence electrons. The number of aromatic nitrogens is 1. The molecule has 1 aromatic carbocycles. The van der Waals surface area contributed by atoms with Crippen LogP contribution in [0.4, 0.5) is 9.80 Å². The molecule has 0 aliphatic heterocycles. The van der Waals surface area contributed by atoms with Gasteiger partial charge in [0.15, 0.2) is 0 Å². The number of amides is 2. The molecule has 0 bridgehead atoms. The predicted molar refractivity (Wildman–Crippen MR) is 144 cm³/mol. The third-order valence-corrected chi connectivity index (χ3v) is 8.15. The number of benzene rings is 1. The lowest BCUT2D eigenvalue weighted by Crippen LogP contribution is -2.27. The number of nitrogens with zero attached hydrogens (tertiary/aromatic N) is 2. The van der Waals surface area contributed by atoms with Crippen LogP contribution in [0.3, 0.4) is 0 Å². The molecule has 37 heavy (non-hydrogen) atoms. The number of fused-ring (bicyclic) bond motifs is 1. The maximum absolute atomic E-state index is 12.7. The number of thiophene rings is 1. The van der Waals surface area contributed by atoms with E-state index in [1.165, 1.54) is 11.3 Å². The molecule has 2 amide bonds. The van der Waals surface area contributed by atoms with Crippen molar-refractivity contribution in [1.82, 2.24) is 10.3 Å². The minimum Gasteiger partial charge on any atom is -0.494 e. The summed E-state index contributed by atoms with van der Waals surface area (Å²) in [4.78, 5) is 30.2. The molecule has 1 unspecified atom stereocenters. The van der Waals surface area contributed by atoms with Crippen LogP contribution in [0.25, 0.3) is 0 Å². The fourth-order valence-electron chi connectivity index (χ4n) is 4.34. The summed E-state index contributed by atoms with van der Waals surface area (Å²) >= 11 is 2.99. The van der Waals surface area contributed by atoms with Gasteiger partial charge >= 0.3 is 6.09 Å². The Labute approximate surface area is 224 Å². The molecule has 8 nitrogen and oxygen atoms in total. The van der Waals surface area contributed by atoms with Gasteiger partial charge in [-0.2, -0.15) is 5.26 Å². The van der Waals surface area contributed by atoms with Crippen LogP contribution in [0.1, 0.15) is 52.0 Å². The highest BCUT2D eigenvalue weighted by Crippen LogP contribution is 2.39. The lowest BCUT2D eigenvalue weighted by Gasteiger charge is -2.21. The summed E-state index contributed by atoms with van der Waals surface area (Å²) in [5.41, 5.74) is 3.36. The Bertz CT molecular complexity index is 1290. The average molecular weight is 539 g/mol. The molecular weight excluding hydrogens is 508 g/mol. The number of nitriles is 1. The van der Waals surface area contributed by atoms with Crippen molar-refractivity contribution < 1.29 is 19.1 Å². The third kappa shape index (κ3) is 7.08. The van der Waals surface area contributed by atoms with E-state index in [9.17, 15) is 14.9 Å². The Balaban J connectivity index is 1.29. The van der Waals surface area contributed by atoms with Gasteiger partial charge in [-0.25, -0.2) is 9.78 Å². The zero-order valence-electron chi connectivity index (χ0n) is 21.0. The molecule has 0 radical (unpaired) electrons. The summed E-state index contributed by atoms with van der Waals surface area (Å²) in [7, 11) is 0. The smallest absolute Gasteiger partial charge is 0.407 e. The summed E-state index contributed by atoms with van der Waals surface area (Å²) in [6.45, 7) is 5.07. The third-order valence-electron chi connectivity index (χ3n) is 6.16. The van der Waals surface area contributed by atoms with Gasteiger partial charge in [0.05, 0.1) is 36.0 Å². The quantitative estimate of drug-likeness (QED) is 0.358. The van der Waals surface area contributed by atoms with Crippen molar-refractivity contribution in [3.8, 4) is 11.8 Å². The fourth-order valence-corrected chi connectivity index (χ4v) is 6.28. The summed E-state index contributed by atoms with van der Waals surface area (Å²) in [6.07, 6.45) is 2.64. The van der Waals surface area contributed by atoms with E-state index >= 15 is 0 Å². The number of para-hydroxylation sites is 1. The molecular formula is C27H30N4O4S2. The first-order valence-electron chi connectivity index (χ1n) is 12.3. The van der Waals surface area contributed by atoms with Crippen LogP contribution < -0.4 is 15.4 Å². The first-order valence-corrected chi connectivity index (χ1v) is 14.0. The van der Waals surface area contributed by atoms with Crippen molar-refractivity contribution in [2.45, 2.75) is 52.5 Å². The largest absolute Gasteiger partial charge is 0.494 e. The van der Waals surface area contributed by atoms with Crippen molar-refractivity contribution in [3.63, 3.8) is 0 Å². The van der Waals surface area contributed by atoms with Crippen molar-refractivity contribution in [1.29, 1.82) is 5.26 Å². The highest BCUT2D eigenvalue weighted by atomic mass is 32.1. The predicted octanol–water partition coefficient (Wildman–Crippen LogP) is 5.39. The number of aryl methyl sites for hydroxylation is 2. The van der Waals surface area contributed by atoms with Gasteiger partial charge in [-0.1, -0.05) is 18.2 Å². The van der Waals surface area contributed by atoms with Gasteiger partial charge in [-0.3, -0.25) is 4.79 Å². The van der Waals surface area contributed by atoms with E-state index in [-0.39, 0.29) is 11.8 Å². The summed E-state index contributed by atoms with van der Waals surface area (Å²) < 4.78 is 11.1.